The van der Waals surface area contributed by atoms with Crippen molar-refractivity contribution in [2.45, 2.75) is 58.4 Å². The highest BCUT2D eigenvalue weighted by atomic mass is 16.2. The lowest BCUT2D eigenvalue weighted by atomic mass is 9.49. The van der Waals surface area contributed by atoms with E-state index >= 15 is 0 Å². The van der Waals surface area contributed by atoms with Crippen LogP contribution in [-0.2, 0) is 11.3 Å². The number of amides is 1. The van der Waals surface area contributed by atoms with Crippen molar-refractivity contribution in [3.63, 3.8) is 0 Å². The van der Waals surface area contributed by atoms with E-state index in [1.165, 1.54) is 49.7 Å². The van der Waals surface area contributed by atoms with Gasteiger partial charge in [-0.25, -0.2) is 0 Å². The van der Waals surface area contributed by atoms with Crippen LogP contribution in [-0.4, -0.2) is 22.8 Å². The van der Waals surface area contributed by atoms with E-state index in [1.807, 2.05) is 30.4 Å². The van der Waals surface area contributed by atoms with E-state index in [1.54, 1.807) is 0 Å². The van der Waals surface area contributed by atoms with Crippen LogP contribution in [0.2, 0.25) is 0 Å². The van der Waals surface area contributed by atoms with E-state index in [9.17, 15) is 4.79 Å². The van der Waals surface area contributed by atoms with Gasteiger partial charge < -0.3 is 4.90 Å². The van der Waals surface area contributed by atoms with Crippen LogP contribution in [0.1, 0.15) is 56.1 Å². The average molecular weight is 312 g/mol. The summed E-state index contributed by atoms with van der Waals surface area (Å²) in [6.07, 6.45) is 12.7. The molecule has 4 aliphatic carbocycles. The van der Waals surface area contributed by atoms with Crippen LogP contribution in [0.5, 0.6) is 0 Å². The maximum Gasteiger partial charge on any atom is 0.223 e. The van der Waals surface area contributed by atoms with Gasteiger partial charge in [0.15, 0.2) is 0 Å². The number of aryl methyl sites for hydroxylation is 1. The van der Waals surface area contributed by atoms with Gasteiger partial charge in [-0.05, 0) is 85.8 Å². The van der Waals surface area contributed by atoms with Crippen LogP contribution in [0, 0.1) is 30.1 Å². The molecule has 4 aliphatic rings. The minimum Gasteiger partial charge on any atom is -0.341 e. The van der Waals surface area contributed by atoms with E-state index in [4.69, 9.17) is 0 Å². The zero-order valence-corrected chi connectivity index (χ0v) is 14.4. The molecule has 0 aliphatic heterocycles. The van der Waals surface area contributed by atoms with Crippen molar-refractivity contribution in [3.8, 4) is 0 Å². The number of carbonyl (C=O) groups excluding carboxylic acids is 1. The molecule has 5 rings (SSSR count). The molecule has 1 amide bonds. The highest BCUT2D eigenvalue weighted by Gasteiger charge is 2.51. The van der Waals surface area contributed by atoms with Gasteiger partial charge in [0.2, 0.25) is 5.91 Å². The van der Waals surface area contributed by atoms with Crippen molar-refractivity contribution in [2.75, 3.05) is 7.05 Å². The van der Waals surface area contributed by atoms with Gasteiger partial charge in [0.1, 0.15) is 0 Å². The van der Waals surface area contributed by atoms with Crippen molar-refractivity contribution in [1.29, 1.82) is 0 Å². The Morgan fingerprint density at radius 2 is 1.83 bits per heavy atom. The first kappa shape index (κ1) is 15.2. The molecule has 0 N–H and O–H groups in total. The molecule has 0 spiro atoms. The largest absolute Gasteiger partial charge is 0.341 e. The van der Waals surface area contributed by atoms with Gasteiger partial charge in [-0.15, -0.1) is 0 Å². The molecule has 0 aromatic carbocycles. The maximum absolute atomic E-state index is 12.9. The van der Waals surface area contributed by atoms with Gasteiger partial charge in [-0.1, -0.05) is 0 Å². The quantitative estimate of drug-likeness (QED) is 0.843. The topological polar surface area (TPSA) is 33.2 Å². The Kier molecular flexibility index (Phi) is 3.70. The van der Waals surface area contributed by atoms with Gasteiger partial charge in [0.05, 0.1) is 0 Å². The van der Waals surface area contributed by atoms with Crippen molar-refractivity contribution in [3.05, 3.63) is 29.6 Å². The summed E-state index contributed by atoms with van der Waals surface area (Å²) in [7, 11) is 1.96. The van der Waals surface area contributed by atoms with Crippen LogP contribution >= 0.6 is 0 Å². The first-order valence-electron chi connectivity index (χ1n) is 9.16. The zero-order valence-electron chi connectivity index (χ0n) is 14.4. The van der Waals surface area contributed by atoms with Crippen molar-refractivity contribution >= 4 is 5.91 Å². The molecule has 0 saturated heterocycles. The molecular weight excluding hydrogens is 284 g/mol. The van der Waals surface area contributed by atoms with E-state index < -0.39 is 0 Å². The van der Waals surface area contributed by atoms with Gasteiger partial charge in [0, 0.05) is 32.4 Å². The normalized spacial score (nSPS) is 34.6. The van der Waals surface area contributed by atoms with Crippen molar-refractivity contribution < 1.29 is 4.79 Å². The molecule has 0 atom stereocenters. The average Bonchev–Trinajstić information content (AvgIpc) is 2.47. The van der Waals surface area contributed by atoms with Gasteiger partial charge in [-0.3, -0.25) is 9.78 Å². The molecular formula is C20H28N2O. The zero-order chi connectivity index (χ0) is 16.0. The number of nitrogens with zero attached hydrogens (tertiary/aromatic N) is 2. The molecule has 23 heavy (non-hydrogen) atoms. The molecule has 0 radical (unpaired) electrons. The monoisotopic (exact) mass is 312 g/mol. The van der Waals surface area contributed by atoms with Crippen LogP contribution < -0.4 is 0 Å². The molecule has 3 heteroatoms. The van der Waals surface area contributed by atoms with Crippen LogP contribution in [0.3, 0.4) is 0 Å². The second-order valence-electron chi connectivity index (χ2n) is 8.65. The highest BCUT2D eigenvalue weighted by Crippen LogP contribution is 2.61. The fraction of sp³-hybridized carbons (Fsp3) is 0.700. The Bertz CT molecular complexity index is 574. The highest BCUT2D eigenvalue weighted by molar-refractivity contribution is 5.76. The number of carbonyl (C=O) groups is 1. The maximum atomic E-state index is 12.9. The van der Waals surface area contributed by atoms with E-state index in [0.717, 1.165) is 24.2 Å². The molecule has 4 bridgehead atoms. The molecule has 124 valence electrons. The minimum atomic E-state index is 0.336. The van der Waals surface area contributed by atoms with Gasteiger partial charge >= 0.3 is 0 Å². The second-order valence-corrected chi connectivity index (χ2v) is 8.65. The summed E-state index contributed by atoms with van der Waals surface area (Å²) in [6.45, 7) is 2.78. The standard InChI is InChI=1S/C20H28N2O/c1-14-12-21-4-3-18(14)13-22(2)19(23)11-20-8-15-5-16(9-20)7-17(6-15)10-20/h3-4,12,15-17H,5-11,13H2,1-2H3. The summed E-state index contributed by atoms with van der Waals surface area (Å²) in [4.78, 5) is 18.9. The van der Waals surface area contributed by atoms with Crippen LogP contribution in [0.4, 0.5) is 0 Å². The summed E-state index contributed by atoms with van der Waals surface area (Å²) < 4.78 is 0. The summed E-state index contributed by atoms with van der Waals surface area (Å²) in [5.41, 5.74) is 2.72. The van der Waals surface area contributed by atoms with Crippen molar-refractivity contribution in [2.24, 2.45) is 23.2 Å². The first-order chi connectivity index (χ1) is 11.0. The molecule has 1 aromatic rings. The molecule has 3 nitrogen and oxygen atoms in total. The van der Waals surface area contributed by atoms with Crippen molar-refractivity contribution in [1.82, 2.24) is 9.88 Å². The molecule has 0 unspecified atom stereocenters. The Morgan fingerprint density at radius 3 is 2.39 bits per heavy atom. The summed E-state index contributed by atoms with van der Waals surface area (Å²) >= 11 is 0. The predicted molar refractivity (Wildman–Crippen MR) is 90.7 cm³/mol. The van der Waals surface area contributed by atoms with Gasteiger partial charge in [0.25, 0.3) is 0 Å². The third-order valence-corrected chi connectivity index (χ3v) is 6.66. The molecule has 1 aromatic heterocycles. The number of pyridine rings is 1. The first-order valence-corrected chi connectivity index (χ1v) is 9.16. The van der Waals surface area contributed by atoms with E-state index in [2.05, 4.69) is 11.9 Å². The Morgan fingerprint density at radius 1 is 1.22 bits per heavy atom. The number of hydrogen-bond donors (Lipinski definition) is 0. The minimum absolute atomic E-state index is 0.336. The fourth-order valence-electron chi connectivity index (χ4n) is 5.99. The number of rotatable bonds is 4. The summed E-state index contributed by atoms with van der Waals surface area (Å²) in [5.74, 6) is 3.09. The van der Waals surface area contributed by atoms with E-state index in [0.29, 0.717) is 17.9 Å². The second kappa shape index (κ2) is 5.61. The summed E-state index contributed by atoms with van der Waals surface area (Å²) in [5, 5.41) is 0. The lowest BCUT2D eigenvalue weighted by molar-refractivity contribution is -0.138. The van der Waals surface area contributed by atoms with E-state index in [-0.39, 0.29) is 0 Å². The number of aromatic nitrogens is 1. The van der Waals surface area contributed by atoms with Crippen LogP contribution in [0.15, 0.2) is 18.5 Å². The molecule has 4 saturated carbocycles. The lowest BCUT2D eigenvalue weighted by Gasteiger charge is -2.56. The molecule has 1 heterocycles. The Hall–Kier alpha value is -1.38. The van der Waals surface area contributed by atoms with Gasteiger partial charge in [-0.2, -0.15) is 0 Å². The van der Waals surface area contributed by atoms with Crippen LogP contribution in [0.25, 0.3) is 0 Å². The fourth-order valence-corrected chi connectivity index (χ4v) is 5.99. The Balaban J connectivity index is 1.42. The SMILES string of the molecule is Cc1cnccc1CN(C)C(=O)CC12CC3CC(CC(C3)C1)C2. The lowest BCUT2D eigenvalue weighted by Crippen LogP contribution is -2.48. The smallest absolute Gasteiger partial charge is 0.223 e. The third kappa shape index (κ3) is 2.90. The summed E-state index contributed by atoms with van der Waals surface area (Å²) in [6, 6.07) is 2.03. The Labute approximate surface area is 139 Å². The molecule has 4 fully saturated rings. The number of hydrogen-bond acceptors (Lipinski definition) is 2. The predicted octanol–water partition coefficient (Wildman–Crippen LogP) is 3.95. The third-order valence-electron chi connectivity index (χ3n) is 6.66.